The molecule has 0 radical (unpaired) electrons. The Morgan fingerprint density at radius 3 is 2.23 bits per heavy atom. The van der Waals surface area contributed by atoms with E-state index in [2.05, 4.69) is 38.9 Å². The number of nitrogens with one attached hydrogen (secondary N) is 2. The Morgan fingerprint density at radius 2 is 1.56 bits per heavy atom. The molecule has 0 aliphatic carbocycles. The number of halogens is 1. The van der Waals surface area contributed by atoms with Crippen molar-refractivity contribution in [3.8, 4) is 5.75 Å². The lowest BCUT2D eigenvalue weighted by atomic mass is 9.82. The SMILES string of the molecule is O=C(NNCCCc1ccccc1)[C@@]1(Cc2ccccc2)N=C(c2ccc(OCCCO)cc2)O[C@H]1c1ccc(Br)cc1. The summed E-state index contributed by atoms with van der Waals surface area (Å²) in [6, 6.07) is 35.5. The zero-order valence-corrected chi connectivity index (χ0v) is 25.5. The van der Waals surface area contributed by atoms with Gasteiger partial charge in [-0.2, -0.15) is 0 Å². The molecule has 0 saturated carbocycles. The highest BCUT2D eigenvalue weighted by Gasteiger charge is 2.53. The first kappa shape index (κ1) is 30.5. The van der Waals surface area contributed by atoms with Gasteiger partial charge in [0.1, 0.15) is 5.75 Å². The molecule has 0 bridgehead atoms. The number of hydrazine groups is 1. The van der Waals surface area contributed by atoms with Crippen molar-refractivity contribution in [2.45, 2.75) is 37.3 Å². The van der Waals surface area contributed by atoms with Crippen molar-refractivity contribution in [1.29, 1.82) is 0 Å². The first-order chi connectivity index (χ1) is 21.1. The zero-order chi connectivity index (χ0) is 29.9. The van der Waals surface area contributed by atoms with Crippen LogP contribution in [0.2, 0.25) is 0 Å². The van der Waals surface area contributed by atoms with Gasteiger partial charge in [0.15, 0.2) is 11.6 Å². The number of aliphatic hydroxyl groups is 1. The van der Waals surface area contributed by atoms with Crippen LogP contribution in [0, 0.1) is 0 Å². The average molecular weight is 643 g/mol. The van der Waals surface area contributed by atoms with Crippen LogP contribution in [0.3, 0.4) is 0 Å². The fraction of sp³-hybridized carbons (Fsp3) is 0.257. The highest BCUT2D eigenvalue weighted by molar-refractivity contribution is 9.10. The number of hydrogen-bond donors (Lipinski definition) is 3. The minimum absolute atomic E-state index is 0.0770. The minimum Gasteiger partial charge on any atom is -0.494 e. The van der Waals surface area contributed by atoms with Gasteiger partial charge < -0.3 is 14.6 Å². The third-order valence-corrected chi connectivity index (χ3v) is 7.86. The molecule has 7 nitrogen and oxygen atoms in total. The molecule has 0 aromatic heterocycles. The van der Waals surface area contributed by atoms with Gasteiger partial charge in [-0.1, -0.05) is 88.7 Å². The monoisotopic (exact) mass is 641 g/mol. The highest BCUT2D eigenvalue weighted by atomic mass is 79.9. The van der Waals surface area contributed by atoms with Crippen molar-refractivity contribution < 1.29 is 19.4 Å². The summed E-state index contributed by atoms with van der Waals surface area (Å²) >= 11 is 3.52. The van der Waals surface area contributed by atoms with Crippen LogP contribution in [0.4, 0.5) is 0 Å². The third-order valence-electron chi connectivity index (χ3n) is 7.33. The number of ether oxygens (including phenoxy) is 2. The number of nitrogens with zero attached hydrogens (tertiary/aromatic N) is 1. The van der Waals surface area contributed by atoms with Crippen molar-refractivity contribution in [1.82, 2.24) is 10.9 Å². The Bertz CT molecular complexity index is 1480. The van der Waals surface area contributed by atoms with Crippen LogP contribution >= 0.6 is 15.9 Å². The largest absolute Gasteiger partial charge is 0.494 e. The molecule has 0 unspecified atom stereocenters. The molecule has 4 aromatic rings. The molecule has 1 aliphatic rings. The van der Waals surface area contributed by atoms with Gasteiger partial charge in [0, 0.05) is 36.0 Å². The number of aryl methyl sites for hydroxylation is 1. The summed E-state index contributed by atoms with van der Waals surface area (Å²) < 4.78 is 13.2. The van der Waals surface area contributed by atoms with E-state index in [9.17, 15) is 4.79 Å². The standard InChI is InChI=1S/C35H36BrN3O4/c36-30-18-14-28(15-19-30)32-35(25-27-11-5-2-6-12-27,34(41)39-37-22-7-13-26-9-3-1-4-10-26)38-33(43-32)29-16-20-31(21-17-29)42-24-8-23-40/h1-6,9-12,14-21,32,37,40H,7-8,13,22-25H2,(H,39,41)/t32-,35-/m0/s1. The molecule has 0 fully saturated rings. The lowest BCUT2D eigenvalue weighted by Gasteiger charge is -2.31. The molecule has 5 rings (SSSR count). The maximum atomic E-state index is 14.2. The molecule has 43 heavy (non-hydrogen) atoms. The van der Waals surface area contributed by atoms with E-state index in [0.717, 1.165) is 34.0 Å². The van der Waals surface area contributed by atoms with Gasteiger partial charge in [-0.25, -0.2) is 10.4 Å². The van der Waals surface area contributed by atoms with Crippen molar-refractivity contribution in [3.05, 3.63) is 136 Å². The highest BCUT2D eigenvalue weighted by Crippen LogP contribution is 2.42. The molecule has 3 N–H and O–H groups in total. The number of carbonyl (C=O) groups is 1. The van der Waals surface area contributed by atoms with Gasteiger partial charge in [-0.3, -0.25) is 10.2 Å². The smallest absolute Gasteiger partial charge is 0.266 e. The van der Waals surface area contributed by atoms with E-state index in [1.54, 1.807) is 0 Å². The van der Waals surface area contributed by atoms with E-state index < -0.39 is 11.6 Å². The summed E-state index contributed by atoms with van der Waals surface area (Å²) in [5.74, 6) is 0.821. The molecule has 1 amide bonds. The van der Waals surface area contributed by atoms with Crippen LogP contribution in [-0.4, -0.2) is 42.2 Å². The van der Waals surface area contributed by atoms with Gasteiger partial charge in [-0.15, -0.1) is 0 Å². The number of aliphatic hydroxyl groups excluding tert-OH is 1. The quantitative estimate of drug-likeness (QED) is 0.117. The van der Waals surface area contributed by atoms with Gasteiger partial charge in [0.2, 0.25) is 5.90 Å². The Morgan fingerprint density at radius 1 is 0.884 bits per heavy atom. The first-order valence-electron chi connectivity index (χ1n) is 14.5. The van der Waals surface area contributed by atoms with Crippen molar-refractivity contribution >= 4 is 27.7 Å². The number of aliphatic imine (C=N–C) groups is 1. The molecule has 1 heterocycles. The van der Waals surface area contributed by atoms with Crippen LogP contribution in [0.1, 0.15) is 41.2 Å². The van der Waals surface area contributed by atoms with Crippen molar-refractivity contribution in [2.24, 2.45) is 4.99 Å². The second-order valence-corrected chi connectivity index (χ2v) is 11.4. The molecule has 0 saturated heterocycles. The predicted molar refractivity (Wildman–Crippen MR) is 172 cm³/mol. The summed E-state index contributed by atoms with van der Waals surface area (Å²) in [7, 11) is 0. The maximum Gasteiger partial charge on any atom is 0.266 e. The summed E-state index contributed by atoms with van der Waals surface area (Å²) in [4.78, 5) is 19.3. The minimum atomic E-state index is -1.27. The summed E-state index contributed by atoms with van der Waals surface area (Å²) in [5, 5.41) is 9.04. The third kappa shape index (κ3) is 7.90. The van der Waals surface area contributed by atoms with Crippen LogP contribution in [0.15, 0.2) is 119 Å². The Kier molecular flexibility index (Phi) is 10.6. The van der Waals surface area contributed by atoms with Gasteiger partial charge >= 0.3 is 0 Å². The van der Waals surface area contributed by atoms with Crippen molar-refractivity contribution in [2.75, 3.05) is 19.8 Å². The molecule has 2 atom stereocenters. The Hall–Kier alpha value is -3.98. The second kappa shape index (κ2) is 15.0. The van der Waals surface area contributed by atoms with Crippen molar-refractivity contribution in [3.63, 3.8) is 0 Å². The average Bonchev–Trinajstić information content (AvgIpc) is 3.43. The number of benzene rings is 4. The molecular weight excluding hydrogens is 606 g/mol. The number of carbonyl (C=O) groups excluding carboxylic acids is 1. The topological polar surface area (TPSA) is 92.2 Å². The van der Waals surface area contributed by atoms with Crippen LogP contribution in [0.25, 0.3) is 0 Å². The van der Waals surface area contributed by atoms with Gasteiger partial charge in [0.25, 0.3) is 5.91 Å². The summed E-state index contributed by atoms with van der Waals surface area (Å²) in [6.07, 6.45) is 2.01. The lowest BCUT2D eigenvalue weighted by Crippen LogP contribution is -2.54. The van der Waals surface area contributed by atoms with E-state index in [1.165, 1.54) is 5.56 Å². The lowest BCUT2D eigenvalue weighted by molar-refractivity contribution is -0.130. The van der Waals surface area contributed by atoms with E-state index in [0.29, 0.717) is 37.6 Å². The number of hydrogen-bond acceptors (Lipinski definition) is 6. The van der Waals surface area contributed by atoms with E-state index >= 15 is 0 Å². The summed E-state index contributed by atoms with van der Waals surface area (Å²) in [6.45, 7) is 1.12. The van der Waals surface area contributed by atoms with E-state index in [1.807, 2.05) is 97.1 Å². The van der Waals surface area contributed by atoms with Crippen LogP contribution in [0.5, 0.6) is 5.75 Å². The van der Waals surface area contributed by atoms with E-state index in [4.69, 9.17) is 19.6 Å². The normalized spacial score (nSPS) is 17.6. The molecule has 0 spiro atoms. The van der Waals surface area contributed by atoms with Crippen LogP contribution in [-0.2, 0) is 22.4 Å². The fourth-order valence-electron chi connectivity index (χ4n) is 5.10. The predicted octanol–water partition coefficient (Wildman–Crippen LogP) is 5.96. The molecule has 8 heteroatoms. The summed E-state index contributed by atoms with van der Waals surface area (Å²) in [5.41, 5.74) is 8.67. The van der Waals surface area contributed by atoms with Crippen LogP contribution < -0.4 is 15.6 Å². The molecule has 4 aromatic carbocycles. The van der Waals surface area contributed by atoms with Gasteiger partial charge in [0.05, 0.1) is 6.61 Å². The molecule has 222 valence electrons. The first-order valence-corrected chi connectivity index (χ1v) is 15.3. The Balaban J connectivity index is 1.42. The molecular formula is C35H36BrN3O4. The van der Waals surface area contributed by atoms with E-state index in [-0.39, 0.29) is 12.5 Å². The fourth-order valence-corrected chi connectivity index (χ4v) is 5.37. The van der Waals surface area contributed by atoms with Gasteiger partial charge in [-0.05, 0) is 65.9 Å². The maximum absolute atomic E-state index is 14.2. The second-order valence-electron chi connectivity index (χ2n) is 10.5. The Labute approximate surface area is 261 Å². The zero-order valence-electron chi connectivity index (χ0n) is 23.9. The molecule has 1 aliphatic heterocycles. The number of amides is 1. The number of rotatable bonds is 14.